The van der Waals surface area contributed by atoms with E-state index in [-0.39, 0.29) is 13.2 Å². The SMILES string of the molecule is O=S(OCCCl)OCCCl. The Morgan fingerprint density at radius 2 is 1.50 bits per heavy atom. The van der Waals surface area contributed by atoms with Crippen molar-refractivity contribution in [2.45, 2.75) is 0 Å². The van der Waals surface area contributed by atoms with Crippen LogP contribution in [0.15, 0.2) is 0 Å². The standard InChI is InChI=1S/C4H8Cl2O3S/c5-1-3-8-10(7)9-4-2-6/h1-4H2. The highest BCUT2D eigenvalue weighted by Crippen LogP contribution is 1.90. The molecule has 0 fully saturated rings. The largest absolute Gasteiger partial charge is 0.304 e. The first-order valence-corrected chi connectivity index (χ1v) is 4.68. The molecule has 0 saturated heterocycles. The smallest absolute Gasteiger partial charge is 0.267 e. The van der Waals surface area contributed by atoms with Gasteiger partial charge in [0.2, 0.25) is 0 Å². The lowest BCUT2D eigenvalue weighted by Crippen LogP contribution is -2.05. The van der Waals surface area contributed by atoms with E-state index in [9.17, 15) is 4.21 Å². The fourth-order valence-corrected chi connectivity index (χ4v) is 1.08. The zero-order chi connectivity index (χ0) is 7.82. The van der Waals surface area contributed by atoms with Crippen LogP contribution in [0.2, 0.25) is 0 Å². The molecule has 0 heterocycles. The van der Waals surface area contributed by atoms with Crippen LogP contribution in [-0.4, -0.2) is 29.2 Å². The zero-order valence-corrected chi connectivity index (χ0v) is 7.55. The van der Waals surface area contributed by atoms with Crippen LogP contribution in [0, 0.1) is 0 Å². The van der Waals surface area contributed by atoms with Gasteiger partial charge in [0.05, 0.1) is 13.2 Å². The monoisotopic (exact) mass is 206 g/mol. The average molecular weight is 207 g/mol. The third-order valence-electron chi connectivity index (χ3n) is 0.513. The third-order valence-corrected chi connectivity index (χ3v) is 1.54. The molecule has 0 amide bonds. The van der Waals surface area contributed by atoms with E-state index in [0.717, 1.165) is 0 Å². The number of rotatable bonds is 6. The number of hydrogen-bond donors (Lipinski definition) is 0. The van der Waals surface area contributed by atoms with Crippen LogP contribution >= 0.6 is 23.2 Å². The number of alkyl halides is 2. The van der Waals surface area contributed by atoms with Crippen molar-refractivity contribution in [2.75, 3.05) is 25.0 Å². The minimum absolute atomic E-state index is 0.219. The minimum Gasteiger partial charge on any atom is -0.267 e. The summed E-state index contributed by atoms with van der Waals surface area (Å²) in [6, 6.07) is 0. The molecule has 0 aromatic heterocycles. The van der Waals surface area contributed by atoms with Gasteiger partial charge in [-0.15, -0.1) is 23.2 Å². The highest BCUT2D eigenvalue weighted by molar-refractivity contribution is 7.75. The molecule has 3 nitrogen and oxygen atoms in total. The van der Waals surface area contributed by atoms with Crippen molar-refractivity contribution in [1.29, 1.82) is 0 Å². The molecular weight excluding hydrogens is 199 g/mol. The van der Waals surface area contributed by atoms with E-state index in [0.29, 0.717) is 11.8 Å². The second-order valence-corrected chi connectivity index (χ2v) is 2.86. The molecule has 0 aliphatic rings. The molecule has 0 radical (unpaired) electrons. The van der Waals surface area contributed by atoms with Crippen molar-refractivity contribution in [2.24, 2.45) is 0 Å². The van der Waals surface area contributed by atoms with Crippen LogP contribution in [0.25, 0.3) is 0 Å². The highest BCUT2D eigenvalue weighted by Gasteiger charge is 1.97. The maximum atomic E-state index is 10.5. The van der Waals surface area contributed by atoms with E-state index < -0.39 is 11.4 Å². The van der Waals surface area contributed by atoms with Crippen molar-refractivity contribution in [3.05, 3.63) is 0 Å². The molecule has 0 aromatic rings. The summed E-state index contributed by atoms with van der Waals surface area (Å²) in [4.78, 5) is 0. The van der Waals surface area contributed by atoms with Gasteiger partial charge in [0.15, 0.2) is 0 Å². The Morgan fingerprint density at radius 1 is 1.10 bits per heavy atom. The normalized spacial score (nSPS) is 10.7. The summed E-state index contributed by atoms with van der Waals surface area (Å²) in [7, 11) is 0. The van der Waals surface area contributed by atoms with Crippen LogP contribution < -0.4 is 0 Å². The Balaban J connectivity index is 3.09. The van der Waals surface area contributed by atoms with Gasteiger partial charge in [-0.1, -0.05) is 0 Å². The van der Waals surface area contributed by atoms with Crippen molar-refractivity contribution in [3.8, 4) is 0 Å². The fourth-order valence-electron chi connectivity index (χ4n) is 0.233. The van der Waals surface area contributed by atoms with Crippen LogP contribution in [0.3, 0.4) is 0 Å². The molecule has 0 rings (SSSR count). The van der Waals surface area contributed by atoms with Gasteiger partial charge in [-0.3, -0.25) is 8.37 Å². The lowest BCUT2D eigenvalue weighted by molar-refractivity contribution is 0.271. The first kappa shape index (κ1) is 10.7. The first-order chi connectivity index (χ1) is 4.81. The van der Waals surface area contributed by atoms with Gasteiger partial charge in [-0.2, -0.15) is 4.21 Å². The zero-order valence-electron chi connectivity index (χ0n) is 5.22. The number of hydrogen-bond acceptors (Lipinski definition) is 3. The van der Waals surface area contributed by atoms with E-state index in [1.54, 1.807) is 0 Å². The van der Waals surface area contributed by atoms with Crippen LogP contribution in [-0.2, 0) is 19.7 Å². The summed E-state index contributed by atoms with van der Waals surface area (Å²) < 4.78 is 19.6. The molecule has 0 N–H and O–H groups in total. The minimum atomic E-state index is -1.69. The van der Waals surface area contributed by atoms with E-state index in [1.165, 1.54) is 0 Å². The first-order valence-electron chi connectivity index (χ1n) is 2.61. The fraction of sp³-hybridized carbons (Fsp3) is 1.00. The Kier molecular flexibility index (Phi) is 8.26. The topological polar surface area (TPSA) is 35.5 Å². The van der Waals surface area contributed by atoms with E-state index in [4.69, 9.17) is 23.2 Å². The van der Waals surface area contributed by atoms with Gasteiger partial charge in [0.25, 0.3) is 0 Å². The van der Waals surface area contributed by atoms with Crippen molar-refractivity contribution in [1.82, 2.24) is 0 Å². The average Bonchev–Trinajstić information content (AvgIpc) is 1.97. The number of halogens is 2. The van der Waals surface area contributed by atoms with E-state index in [1.807, 2.05) is 0 Å². The third kappa shape index (κ3) is 6.77. The molecule has 0 unspecified atom stereocenters. The molecule has 0 atom stereocenters. The molecule has 0 aliphatic heterocycles. The van der Waals surface area contributed by atoms with Gasteiger partial charge in [-0.05, 0) is 0 Å². The van der Waals surface area contributed by atoms with E-state index in [2.05, 4.69) is 8.37 Å². The molecule has 10 heavy (non-hydrogen) atoms. The highest BCUT2D eigenvalue weighted by atomic mass is 35.5. The van der Waals surface area contributed by atoms with Crippen molar-refractivity contribution in [3.63, 3.8) is 0 Å². The summed E-state index contributed by atoms with van der Waals surface area (Å²) in [6.45, 7) is 0.437. The van der Waals surface area contributed by atoms with Gasteiger partial charge < -0.3 is 0 Å². The molecule has 0 aliphatic carbocycles. The Hall–Kier alpha value is 0.650. The Labute approximate surface area is 72.5 Å². The summed E-state index contributed by atoms with van der Waals surface area (Å²) in [5, 5.41) is 0. The molecule has 0 bridgehead atoms. The quantitative estimate of drug-likeness (QED) is 0.611. The van der Waals surface area contributed by atoms with Gasteiger partial charge in [-0.25, -0.2) is 0 Å². The second kappa shape index (κ2) is 7.75. The van der Waals surface area contributed by atoms with Crippen molar-refractivity contribution < 1.29 is 12.6 Å². The Morgan fingerprint density at radius 3 is 1.80 bits per heavy atom. The van der Waals surface area contributed by atoms with Gasteiger partial charge in [0, 0.05) is 11.8 Å². The molecular formula is C4H8Cl2O3S. The predicted octanol–water partition coefficient (Wildman–Crippen LogP) is 1.08. The maximum Gasteiger partial charge on any atom is 0.304 e. The summed E-state index contributed by atoms with van der Waals surface area (Å²) in [5.74, 6) is 0.603. The van der Waals surface area contributed by atoms with Crippen LogP contribution in [0.1, 0.15) is 0 Å². The molecule has 62 valence electrons. The summed E-state index contributed by atoms with van der Waals surface area (Å²) in [6.07, 6.45) is 0. The predicted molar refractivity (Wildman–Crippen MR) is 41.5 cm³/mol. The summed E-state index contributed by atoms with van der Waals surface area (Å²) >= 11 is 8.79. The van der Waals surface area contributed by atoms with Crippen LogP contribution in [0.5, 0.6) is 0 Å². The maximum absolute atomic E-state index is 10.5. The molecule has 0 aromatic carbocycles. The lowest BCUT2D eigenvalue weighted by Gasteiger charge is -1.98. The molecule has 6 heteroatoms. The van der Waals surface area contributed by atoms with E-state index >= 15 is 0 Å². The summed E-state index contributed by atoms with van der Waals surface area (Å²) in [5.41, 5.74) is 0. The van der Waals surface area contributed by atoms with Gasteiger partial charge in [0.1, 0.15) is 0 Å². The lowest BCUT2D eigenvalue weighted by atomic mass is 10.9. The van der Waals surface area contributed by atoms with Crippen LogP contribution in [0.4, 0.5) is 0 Å². The van der Waals surface area contributed by atoms with Gasteiger partial charge >= 0.3 is 11.4 Å². The Bertz CT molecular complexity index is 90.5. The van der Waals surface area contributed by atoms with Crippen molar-refractivity contribution >= 4 is 34.6 Å². The molecule has 0 saturated carbocycles. The molecule has 0 spiro atoms. The second-order valence-electron chi connectivity index (χ2n) is 1.23.